The van der Waals surface area contributed by atoms with Crippen molar-refractivity contribution in [3.8, 4) is 0 Å². The molecule has 0 fully saturated rings. The molecule has 1 heterocycles. The lowest BCUT2D eigenvalue weighted by Crippen LogP contribution is -2.24. The minimum atomic E-state index is 0.831. The average Bonchev–Trinajstić information content (AvgIpc) is 2.39. The number of nitrogens with one attached hydrogen (secondary N) is 1. The molecular formula is C14H17N3. The largest absolute Gasteiger partial charge is 0.266 e. The summed E-state index contributed by atoms with van der Waals surface area (Å²) in [6, 6.07) is 8.32. The van der Waals surface area contributed by atoms with Crippen molar-refractivity contribution in [1.29, 1.82) is 0 Å². The highest BCUT2D eigenvalue weighted by molar-refractivity contribution is 6.01. The summed E-state index contributed by atoms with van der Waals surface area (Å²) in [6.07, 6.45) is 4.83. The predicted octanol–water partition coefficient (Wildman–Crippen LogP) is 2.53. The second-order valence-electron chi connectivity index (χ2n) is 4.04. The standard InChI is InChI=1S/C14H17N3/c1-3-11(2)10-16-17-14-13-7-5-4-6-12(13)8-9-15-14/h3-7,10H,8-9H2,1-2H3,(H,15,17). The normalized spacial score (nSPS) is 15.6. The van der Waals surface area contributed by atoms with Crippen molar-refractivity contribution in [3.05, 3.63) is 47.0 Å². The molecule has 17 heavy (non-hydrogen) atoms. The smallest absolute Gasteiger partial charge is 0.149 e. The van der Waals surface area contributed by atoms with Crippen LogP contribution in [0.4, 0.5) is 0 Å². The van der Waals surface area contributed by atoms with Crippen LogP contribution in [0, 0.1) is 0 Å². The highest BCUT2D eigenvalue weighted by Gasteiger charge is 2.11. The Hall–Kier alpha value is -1.90. The SMILES string of the molecule is CC=C(C)C=NNC1=NCCc2ccccc21. The third-order valence-electron chi connectivity index (χ3n) is 2.82. The van der Waals surface area contributed by atoms with Gasteiger partial charge < -0.3 is 0 Å². The van der Waals surface area contributed by atoms with Gasteiger partial charge >= 0.3 is 0 Å². The molecule has 3 nitrogen and oxygen atoms in total. The number of benzene rings is 1. The number of hydrogen-bond acceptors (Lipinski definition) is 3. The minimum absolute atomic E-state index is 0.831. The first-order valence-corrected chi connectivity index (χ1v) is 5.86. The zero-order valence-electron chi connectivity index (χ0n) is 10.3. The highest BCUT2D eigenvalue weighted by atomic mass is 15.3. The van der Waals surface area contributed by atoms with Gasteiger partial charge in [0.1, 0.15) is 5.84 Å². The van der Waals surface area contributed by atoms with E-state index in [1.54, 1.807) is 6.21 Å². The van der Waals surface area contributed by atoms with Crippen molar-refractivity contribution >= 4 is 12.1 Å². The molecule has 0 atom stereocenters. The van der Waals surface area contributed by atoms with E-state index in [2.05, 4.69) is 33.7 Å². The van der Waals surface area contributed by atoms with E-state index in [4.69, 9.17) is 0 Å². The van der Waals surface area contributed by atoms with E-state index in [1.807, 2.05) is 26.0 Å². The molecule has 1 aliphatic rings. The fourth-order valence-corrected chi connectivity index (χ4v) is 1.71. The molecule has 0 bridgehead atoms. The molecule has 0 aliphatic carbocycles. The Morgan fingerprint density at radius 1 is 1.41 bits per heavy atom. The Morgan fingerprint density at radius 2 is 2.24 bits per heavy atom. The molecule has 0 saturated heterocycles. The maximum absolute atomic E-state index is 4.47. The summed E-state index contributed by atoms with van der Waals surface area (Å²) < 4.78 is 0. The Balaban J connectivity index is 2.12. The summed E-state index contributed by atoms with van der Waals surface area (Å²) in [5.74, 6) is 0.868. The van der Waals surface area contributed by atoms with Gasteiger partial charge in [-0.3, -0.25) is 10.4 Å². The fourth-order valence-electron chi connectivity index (χ4n) is 1.71. The van der Waals surface area contributed by atoms with Gasteiger partial charge in [0.25, 0.3) is 0 Å². The lowest BCUT2D eigenvalue weighted by molar-refractivity contribution is 0.902. The van der Waals surface area contributed by atoms with Gasteiger partial charge in [-0.1, -0.05) is 30.3 Å². The quantitative estimate of drug-likeness (QED) is 0.611. The number of hydrogen-bond donors (Lipinski definition) is 1. The molecule has 0 amide bonds. The Labute approximate surface area is 102 Å². The molecule has 0 saturated carbocycles. The van der Waals surface area contributed by atoms with Crippen LogP contribution in [0.3, 0.4) is 0 Å². The Bertz CT molecular complexity index is 484. The summed E-state index contributed by atoms with van der Waals surface area (Å²) in [5.41, 5.74) is 6.65. The van der Waals surface area contributed by atoms with E-state index < -0.39 is 0 Å². The molecule has 0 spiro atoms. The number of rotatable bonds is 2. The van der Waals surface area contributed by atoms with Gasteiger partial charge in [-0.25, -0.2) is 0 Å². The van der Waals surface area contributed by atoms with E-state index in [-0.39, 0.29) is 0 Å². The summed E-state index contributed by atoms with van der Waals surface area (Å²) in [5, 5.41) is 4.19. The van der Waals surface area contributed by atoms with E-state index in [0.29, 0.717) is 0 Å². The van der Waals surface area contributed by atoms with Crippen LogP contribution in [0.5, 0.6) is 0 Å². The third-order valence-corrected chi connectivity index (χ3v) is 2.82. The van der Waals surface area contributed by atoms with Gasteiger partial charge in [0.05, 0.1) is 0 Å². The summed E-state index contributed by atoms with van der Waals surface area (Å²) in [4.78, 5) is 4.47. The number of hydrazone groups is 1. The molecule has 1 aliphatic heterocycles. The zero-order chi connectivity index (χ0) is 12.1. The third kappa shape index (κ3) is 2.81. The van der Waals surface area contributed by atoms with Crippen molar-refractivity contribution in [2.75, 3.05) is 6.54 Å². The molecule has 1 aromatic rings. The fraction of sp³-hybridized carbons (Fsp3) is 0.286. The van der Waals surface area contributed by atoms with Crippen LogP contribution in [-0.4, -0.2) is 18.6 Å². The maximum atomic E-state index is 4.47. The van der Waals surface area contributed by atoms with Gasteiger partial charge in [0.15, 0.2) is 0 Å². The number of nitrogens with zero attached hydrogens (tertiary/aromatic N) is 2. The van der Waals surface area contributed by atoms with Crippen LogP contribution >= 0.6 is 0 Å². The summed E-state index contributed by atoms with van der Waals surface area (Å²) in [6.45, 7) is 4.84. The number of aliphatic imine (C=N–C) groups is 1. The van der Waals surface area contributed by atoms with Crippen LogP contribution in [0.2, 0.25) is 0 Å². The highest BCUT2D eigenvalue weighted by Crippen LogP contribution is 2.14. The molecule has 0 aromatic heterocycles. The second-order valence-corrected chi connectivity index (χ2v) is 4.04. The molecule has 0 unspecified atom stereocenters. The minimum Gasteiger partial charge on any atom is -0.266 e. The Kier molecular flexibility index (Phi) is 3.70. The molecule has 1 aromatic carbocycles. The number of fused-ring (bicyclic) bond motifs is 1. The molecule has 2 rings (SSSR count). The first-order valence-electron chi connectivity index (χ1n) is 5.86. The van der Waals surface area contributed by atoms with Crippen molar-refractivity contribution in [2.24, 2.45) is 10.1 Å². The van der Waals surface area contributed by atoms with Gasteiger partial charge in [-0.2, -0.15) is 5.10 Å². The van der Waals surface area contributed by atoms with Crippen molar-refractivity contribution < 1.29 is 0 Å². The van der Waals surface area contributed by atoms with Crippen LogP contribution in [0.25, 0.3) is 0 Å². The first-order chi connectivity index (χ1) is 8.31. The molecule has 1 N–H and O–H groups in total. The number of allylic oxidation sites excluding steroid dienone is 2. The van der Waals surface area contributed by atoms with Gasteiger partial charge in [0.2, 0.25) is 0 Å². The molecule has 3 heteroatoms. The number of amidine groups is 1. The first kappa shape index (κ1) is 11.6. The molecule has 0 radical (unpaired) electrons. The van der Waals surface area contributed by atoms with Crippen LogP contribution < -0.4 is 5.43 Å². The van der Waals surface area contributed by atoms with Gasteiger partial charge in [-0.05, 0) is 31.4 Å². The van der Waals surface area contributed by atoms with Gasteiger partial charge in [-0.15, -0.1) is 0 Å². The molecule has 88 valence electrons. The van der Waals surface area contributed by atoms with E-state index in [9.17, 15) is 0 Å². The lowest BCUT2D eigenvalue weighted by atomic mass is 10.0. The second kappa shape index (κ2) is 5.43. The Morgan fingerprint density at radius 3 is 3.06 bits per heavy atom. The van der Waals surface area contributed by atoms with Crippen molar-refractivity contribution in [1.82, 2.24) is 5.43 Å². The van der Waals surface area contributed by atoms with E-state index in [1.165, 1.54) is 5.56 Å². The predicted molar refractivity (Wildman–Crippen MR) is 72.6 cm³/mol. The van der Waals surface area contributed by atoms with Gasteiger partial charge in [0, 0.05) is 18.3 Å². The van der Waals surface area contributed by atoms with Crippen molar-refractivity contribution in [3.63, 3.8) is 0 Å². The average molecular weight is 227 g/mol. The maximum Gasteiger partial charge on any atom is 0.149 e. The lowest BCUT2D eigenvalue weighted by Gasteiger charge is -2.15. The van der Waals surface area contributed by atoms with Crippen LogP contribution in [0.1, 0.15) is 25.0 Å². The van der Waals surface area contributed by atoms with Crippen LogP contribution in [-0.2, 0) is 6.42 Å². The van der Waals surface area contributed by atoms with Crippen LogP contribution in [0.15, 0.2) is 46.0 Å². The van der Waals surface area contributed by atoms with E-state index >= 15 is 0 Å². The monoisotopic (exact) mass is 227 g/mol. The summed E-state index contributed by atoms with van der Waals surface area (Å²) >= 11 is 0. The summed E-state index contributed by atoms with van der Waals surface area (Å²) in [7, 11) is 0. The topological polar surface area (TPSA) is 36.8 Å². The molecular weight excluding hydrogens is 210 g/mol. The zero-order valence-corrected chi connectivity index (χ0v) is 10.3. The van der Waals surface area contributed by atoms with Crippen molar-refractivity contribution in [2.45, 2.75) is 20.3 Å². The van der Waals surface area contributed by atoms with E-state index in [0.717, 1.165) is 29.9 Å².